The lowest BCUT2D eigenvalue weighted by Crippen LogP contribution is -2.40. The van der Waals surface area contributed by atoms with Gasteiger partial charge >= 0.3 is 5.97 Å². The van der Waals surface area contributed by atoms with Crippen LogP contribution in [0.4, 0.5) is 5.69 Å². The monoisotopic (exact) mass is 708 g/mol. The Balaban J connectivity index is -0.000000161. The molecule has 5 unspecified atom stereocenters. The van der Waals surface area contributed by atoms with E-state index in [1.165, 1.54) is 51.4 Å². The predicted octanol–water partition coefficient (Wildman–Crippen LogP) is 15.1. The fourth-order valence-electron chi connectivity index (χ4n) is 4.56. The zero-order valence-electron chi connectivity index (χ0n) is 36.8. The van der Waals surface area contributed by atoms with Crippen LogP contribution in [0.3, 0.4) is 0 Å². The number of carbonyl (C=O) groups excluding carboxylic acids is 1. The molecule has 0 saturated carbocycles. The third-order valence-corrected chi connectivity index (χ3v) is 9.59. The van der Waals surface area contributed by atoms with Crippen molar-refractivity contribution < 1.29 is 14.3 Å². The fourth-order valence-corrected chi connectivity index (χ4v) is 5.63. The largest absolute Gasteiger partial charge is 0.462 e. The number of cyclic esters (lactones) is 1. The van der Waals surface area contributed by atoms with Gasteiger partial charge in [-0.2, -0.15) is 0 Å². The van der Waals surface area contributed by atoms with Crippen LogP contribution in [0.15, 0.2) is 29.3 Å². The van der Waals surface area contributed by atoms with E-state index in [0.717, 1.165) is 18.9 Å². The Hall–Kier alpha value is -1.98. The van der Waals surface area contributed by atoms with Gasteiger partial charge in [-0.25, -0.2) is 0 Å². The molecule has 5 rings (SSSR count). The van der Waals surface area contributed by atoms with Crippen molar-refractivity contribution in [2.75, 3.05) is 13.2 Å². The first kappa shape index (κ1) is 56.4. The van der Waals surface area contributed by atoms with E-state index in [1.54, 1.807) is 0 Å². The van der Waals surface area contributed by atoms with Gasteiger partial charge in [-0.1, -0.05) is 129 Å². The Kier molecular flexibility index (Phi) is 42.9. The van der Waals surface area contributed by atoms with Gasteiger partial charge in [0.15, 0.2) is 0 Å². The zero-order chi connectivity index (χ0) is 39.7. The van der Waals surface area contributed by atoms with Crippen molar-refractivity contribution >= 4 is 28.7 Å². The average Bonchev–Trinajstić information content (AvgIpc) is 3.59. The highest BCUT2D eigenvalue weighted by atomic mass is 32.1. The van der Waals surface area contributed by atoms with Gasteiger partial charge in [0.1, 0.15) is 6.10 Å². The molecule has 5 atom stereocenters. The van der Waals surface area contributed by atoms with E-state index in [4.69, 9.17) is 9.47 Å². The number of aliphatic imine (C=N–C) groups is 1. The molecule has 3 aliphatic rings. The second kappa shape index (κ2) is 37.3. The second-order valence-electron chi connectivity index (χ2n) is 10.8. The molecular weight excluding hydrogens is 623 g/mol. The maximum atomic E-state index is 11.1. The van der Waals surface area contributed by atoms with E-state index in [-0.39, 0.29) is 18.0 Å². The molecule has 2 saturated heterocycles. The molecule has 2 aromatic rings. The molecule has 290 valence electrons. The maximum absolute atomic E-state index is 11.1. The number of para-hydroxylation sites is 1. The molecule has 0 N–H and O–H groups in total. The van der Waals surface area contributed by atoms with E-state index in [9.17, 15) is 4.79 Å². The molecule has 2 fully saturated rings. The topological polar surface area (TPSA) is 47.9 Å². The molecule has 5 heteroatoms. The number of aryl methyl sites for hydroxylation is 2. The lowest BCUT2D eigenvalue weighted by atomic mass is 9.80. The van der Waals surface area contributed by atoms with Crippen LogP contribution in [0.1, 0.15) is 176 Å². The summed E-state index contributed by atoms with van der Waals surface area (Å²) in [6.07, 6.45) is 4.02. The van der Waals surface area contributed by atoms with Crippen LogP contribution in [-0.2, 0) is 14.3 Å². The number of benzene rings is 1. The molecular formula is C44H85NO3S. The number of carbonyl (C=O) groups is 1. The van der Waals surface area contributed by atoms with Gasteiger partial charge in [-0.3, -0.25) is 9.79 Å². The molecule has 0 amide bonds. The zero-order valence-corrected chi connectivity index (χ0v) is 37.6. The van der Waals surface area contributed by atoms with Crippen molar-refractivity contribution in [1.29, 1.82) is 0 Å². The summed E-state index contributed by atoms with van der Waals surface area (Å²) in [5, 5.41) is 0. The minimum Gasteiger partial charge on any atom is -0.462 e. The summed E-state index contributed by atoms with van der Waals surface area (Å²) in [5.41, 5.74) is 6.68. The predicted molar refractivity (Wildman–Crippen MR) is 227 cm³/mol. The van der Waals surface area contributed by atoms with Crippen LogP contribution in [0.5, 0.6) is 0 Å². The Labute approximate surface area is 312 Å². The number of rotatable bonds is 0. The second-order valence-corrected chi connectivity index (χ2v) is 12.2. The Morgan fingerprint density at radius 3 is 1.39 bits per heavy atom. The molecule has 3 aliphatic heterocycles. The number of esters is 1. The minimum atomic E-state index is -0.0388. The van der Waals surface area contributed by atoms with Crippen molar-refractivity contribution in [3.05, 3.63) is 50.7 Å². The van der Waals surface area contributed by atoms with Crippen molar-refractivity contribution in [3.63, 3.8) is 0 Å². The van der Waals surface area contributed by atoms with Gasteiger partial charge in [-0.05, 0) is 95.4 Å². The molecule has 0 aliphatic carbocycles. The van der Waals surface area contributed by atoms with Gasteiger partial charge in [0.2, 0.25) is 0 Å². The van der Waals surface area contributed by atoms with E-state index in [2.05, 4.69) is 78.6 Å². The van der Waals surface area contributed by atoms with E-state index in [0.29, 0.717) is 17.8 Å². The third kappa shape index (κ3) is 22.5. The van der Waals surface area contributed by atoms with E-state index in [1.807, 2.05) is 114 Å². The van der Waals surface area contributed by atoms with Crippen LogP contribution < -0.4 is 0 Å². The molecule has 0 bridgehead atoms. The maximum Gasteiger partial charge on any atom is 0.309 e. The number of fused-ring (bicyclic) bond motifs is 1. The molecule has 1 aromatic heterocycles. The lowest BCUT2D eigenvalue weighted by molar-refractivity contribution is -0.167. The van der Waals surface area contributed by atoms with Crippen molar-refractivity contribution in [2.45, 2.75) is 184 Å². The van der Waals surface area contributed by atoms with Gasteiger partial charge in [-0.15, -0.1) is 11.3 Å². The molecule has 1 aromatic carbocycles. The number of thiophene rings is 1. The fraction of sp³-hybridized carbons (Fsp3) is 0.727. The van der Waals surface area contributed by atoms with E-state index < -0.39 is 0 Å². The van der Waals surface area contributed by atoms with Crippen molar-refractivity contribution in [1.82, 2.24) is 0 Å². The quantitative estimate of drug-likeness (QED) is 0.256. The van der Waals surface area contributed by atoms with Crippen LogP contribution in [-0.4, -0.2) is 31.0 Å². The summed E-state index contributed by atoms with van der Waals surface area (Å²) in [6, 6.07) is 8.33. The SMILES string of the molecule is C1CCOCC1.CC.CC.CC.CC.CC.CC.CC1=Nc2ccccc2C1C.CC1OC(=O)C(C)C(C)C1C.Cc1sc(C)c(C)c1C. The summed E-state index contributed by atoms with van der Waals surface area (Å²) >= 11 is 1.90. The number of hydrogen-bond acceptors (Lipinski definition) is 5. The van der Waals surface area contributed by atoms with E-state index >= 15 is 0 Å². The minimum absolute atomic E-state index is 0.0388. The molecule has 0 radical (unpaired) electrons. The highest BCUT2D eigenvalue weighted by Crippen LogP contribution is 2.34. The normalized spacial score (nSPS) is 20.5. The Morgan fingerprint density at radius 2 is 1.06 bits per heavy atom. The molecule has 4 heterocycles. The van der Waals surface area contributed by atoms with Crippen molar-refractivity contribution in [2.24, 2.45) is 22.7 Å². The first-order valence-corrected chi connectivity index (χ1v) is 20.7. The Morgan fingerprint density at radius 1 is 0.633 bits per heavy atom. The van der Waals surface area contributed by atoms with Gasteiger partial charge in [0, 0.05) is 34.6 Å². The van der Waals surface area contributed by atoms with Crippen molar-refractivity contribution in [3.8, 4) is 0 Å². The smallest absolute Gasteiger partial charge is 0.309 e. The summed E-state index contributed by atoms with van der Waals surface area (Å²) in [4.78, 5) is 18.5. The summed E-state index contributed by atoms with van der Waals surface area (Å²) in [7, 11) is 0. The highest BCUT2D eigenvalue weighted by molar-refractivity contribution is 7.12. The Bertz CT molecular complexity index is 1000. The average molecular weight is 708 g/mol. The van der Waals surface area contributed by atoms with Gasteiger partial charge < -0.3 is 9.47 Å². The van der Waals surface area contributed by atoms with Crippen LogP contribution in [0, 0.1) is 45.4 Å². The van der Waals surface area contributed by atoms with Crippen LogP contribution in [0.25, 0.3) is 0 Å². The number of nitrogens with zero attached hydrogens (tertiary/aromatic N) is 1. The number of hydrogen-bond donors (Lipinski definition) is 0. The summed E-state index contributed by atoms with van der Waals surface area (Å²) < 4.78 is 10.2. The number of ether oxygens (including phenoxy) is 2. The summed E-state index contributed by atoms with van der Waals surface area (Å²) in [6.45, 7) is 47.2. The summed E-state index contributed by atoms with van der Waals surface area (Å²) in [5.74, 6) is 1.49. The molecule has 0 spiro atoms. The molecule has 49 heavy (non-hydrogen) atoms. The third-order valence-electron chi connectivity index (χ3n) is 8.36. The lowest BCUT2D eigenvalue weighted by Gasteiger charge is -2.35. The van der Waals surface area contributed by atoms with Crippen LogP contribution >= 0.6 is 11.3 Å². The van der Waals surface area contributed by atoms with Gasteiger partial charge in [0.25, 0.3) is 0 Å². The molecule has 4 nitrogen and oxygen atoms in total. The van der Waals surface area contributed by atoms with Gasteiger partial charge in [0.05, 0.1) is 11.6 Å². The standard InChI is InChI=1S/C10H11N.C9H16O2.C8H12S.C5H10O.6C2H6/c1-7-8(2)11-10-6-4-3-5-9(7)10;1-5-6(2)8(4)11-9(10)7(5)3;1-5-6(2)8(4)9-7(5)3;1-2-4-6-5-3-1;6*1-2/h3-7H,1-2H3;5-8H,1-4H3;1-4H3;1-5H2;6*1-2H3. The first-order chi connectivity index (χ1) is 23.5. The highest BCUT2D eigenvalue weighted by Gasteiger charge is 2.36. The van der Waals surface area contributed by atoms with Crippen LogP contribution in [0.2, 0.25) is 0 Å². The first-order valence-electron chi connectivity index (χ1n) is 19.9.